The summed E-state index contributed by atoms with van der Waals surface area (Å²) < 4.78 is 6.98. The number of carbonyl (C=O) groups is 2. The zero-order valence-corrected chi connectivity index (χ0v) is 19.1. The Morgan fingerprint density at radius 2 is 1.61 bits per heavy atom. The minimum absolute atomic E-state index is 0.0459. The first-order valence-corrected chi connectivity index (χ1v) is 11.3. The number of aromatic nitrogens is 3. The number of carbonyl (C=O) groups excluding carboxylic acids is 2. The molecule has 0 saturated carbocycles. The van der Waals surface area contributed by atoms with Crippen molar-refractivity contribution >= 4 is 45.7 Å². The van der Waals surface area contributed by atoms with Crippen molar-refractivity contribution < 1.29 is 14.3 Å². The first-order chi connectivity index (χ1) is 16.0. The van der Waals surface area contributed by atoms with Crippen LogP contribution in [-0.2, 0) is 23.1 Å². The monoisotopic (exact) mass is 461 g/mol. The van der Waals surface area contributed by atoms with E-state index < -0.39 is 0 Å². The van der Waals surface area contributed by atoms with Gasteiger partial charge in [0.1, 0.15) is 11.6 Å². The highest BCUT2D eigenvalue weighted by Crippen LogP contribution is 2.25. The van der Waals surface area contributed by atoms with Gasteiger partial charge in [-0.1, -0.05) is 60.3 Å². The number of fused-ring (bicyclic) bond motifs is 1. The van der Waals surface area contributed by atoms with Crippen LogP contribution in [0, 0.1) is 0 Å². The molecule has 168 valence electrons. The van der Waals surface area contributed by atoms with Crippen molar-refractivity contribution in [2.75, 3.05) is 23.5 Å². The second kappa shape index (κ2) is 10.2. The first-order valence-electron chi connectivity index (χ1n) is 10.3. The standard InChI is InChI=1S/C24H23N5O3S/c1-29-21(14-22(30)26-19-11-5-6-13-20(19)32-2)27-28-24(29)33-15-23(31)25-18-12-7-9-16-8-3-4-10-17(16)18/h3-13H,14-15H2,1-2H3,(H,25,31)(H,26,30). The molecule has 4 rings (SSSR count). The smallest absolute Gasteiger partial charge is 0.234 e. The van der Waals surface area contributed by atoms with Gasteiger partial charge in [0.2, 0.25) is 11.8 Å². The van der Waals surface area contributed by atoms with Crippen LogP contribution in [0.15, 0.2) is 71.9 Å². The summed E-state index contributed by atoms with van der Waals surface area (Å²) in [6.45, 7) is 0. The van der Waals surface area contributed by atoms with Gasteiger partial charge in [-0.05, 0) is 23.6 Å². The number of anilines is 2. The summed E-state index contributed by atoms with van der Waals surface area (Å²) in [6.07, 6.45) is 0.0459. The number of benzene rings is 3. The molecule has 8 nitrogen and oxygen atoms in total. The average molecular weight is 462 g/mol. The van der Waals surface area contributed by atoms with Crippen molar-refractivity contribution in [1.82, 2.24) is 14.8 Å². The highest BCUT2D eigenvalue weighted by Gasteiger charge is 2.16. The molecule has 2 N–H and O–H groups in total. The van der Waals surface area contributed by atoms with Gasteiger partial charge in [-0.25, -0.2) is 0 Å². The van der Waals surface area contributed by atoms with Gasteiger partial charge in [0.15, 0.2) is 5.16 Å². The molecule has 33 heavy (non-hydrogen) atoms. The van der Waals surface area contributed by atoms with Gasteiger partial charge in [-0.3, -0.25) is 9.59 Å². The van der Waals surface area contributed by atoms with E-state index in [0.717, 1.165) is 16.5 Å². The van der Waals surface area contributed by atoms with Crippen LogP contribution in [0.5, 0.6) is 5.75 Å². The highest BCUT2D eigenvalue weighted by atomic mass is 32.2. The molecule has 0 fully saturated rings. The lowest BCUT2D eigenvalue weighted by atomic mass is 10.1. The summed E-state index contributed by atoms with van der Waals surface area (Å²) in [5.74, 6) is 0.870. The Balaban J connectivity index is 1.35. The van der Waals surface area contributed by atoms with E-state index in [1.807, 2.05) is 54.6 Å². The number of nitrogens with one attached hydrogen (secondary N) is 2. The molecule has 0 spiro atoms. The fourth-order valence-corrected chi connectivity index (χ4v) is 4.09. The third-order valence-electron chi connectivity index (χ3n) is 5.02. The van der Waals surface area contributed by atoms with Crippen LogP contribution >= 0.6 is 11.8 Å². The zero-order valence-electron chi connectivity index (χ0n) is 18.2. The van der Waals surface area contributed by atoms with Crippen molar-refractivity contribution in [3.8, 4) is 5.75 Å². The largest absolute Gasteiger partial charge is 0.495 e. The Bertz CT molecular complexity index is 1300. The molecule has 0 aliphatic heterocycles. The molecule has 9 heteroatoms. The number of amides is 2. The van der Waals surface area contributed by atoms with Crippen molar-refractivity contribution in [3.63, 3.8) is 0 Å². The minimum atomic E-state index is -0.236. The van der Waals surface area contributed by atoms with Gasteiger partial charge in [0, 0.05) is 18.1 Å². The van der Waals surface area contributed by atoms with Gasteiger partial charge < -0.3 is 19.9 Å². The lowest BCUT2D eigenvalue weighted by Crippen LogP contribution is -2.17. The van der Waals surface area contributed by atoms with Crippen molar-refractivity contribution in [2.45, 2.75) is 11.6 Å². The molecule has 1 aromatic heterocycles. The molecule has 2 amide bonds. The van der Waals surface area contributed by atoms with Crippen molar-refractivity contribution in [2.24, 2.45) is 7.05 Å². The average Bonchev–Trinajstić information content (AvgIpc) is 3.17. The number of ether oxygens (including phenoxy) is 1. The van der Waals surface area contributed by atoms with Gasteiger partial charge >= 0.3 is 0 Å². The van der Waals surface area contributed by atoms with E-state index in [-0.39, 0.29) is 24.0 Å². The van der Waals surface area contributed by atoms with Crippen LogP contribution < -0.4 is 15.4 Å². The maximum atomic E-state index is 12.5. The van der Waals surface area contributed by atoms with E-state index in [9.17, 15) is 9.59 Å². The number of hydrogen-bond donors (Lipinski definition) is 2. The molecule has 0 aliphatic rings. The van der Waals surface area contributed by atoms with Crippen LogP contribution in [0.2, 0.25) is 0 Å². The fraction of sp³-hybridized carbons (Fsp3) is 0.167. The minimum Gasteiger partial charge on any atom is -0.495 e. The molecule has 0 unspecified atom stereocenters. The fourth-order valence-electron chi connectivity index (χ4n) is 3.36. The Morgan fingerprint density at radius 1 is 0.909 bits per heavy atom. The molecule has 0 radical (unpaired) electrons. The van der Waals surface area contributed by atoms with Gasteiger partial charge in [-0.2, -0.15) is 0 Å². The molecular formula is C24H23N5O3S. The molecular weight excluding hydrogens is 438 g/mol. The number of nitrogens with zero attached hydrogens (tertiary/aromatic N) is 3. The Kier molecular flexibility index (Phi) is 6.89. The quantitative estimate of drug-likeness (QED) is 0.387. The van der Waals surface area contributed by atoms with Crippen LogP contribution in [0.4, 0.5) is 11.4 Å². The van der Waals surface area contributed by atoms with E-state index in [0.29, 0.717) is 22.4 Å². The van der Waals surface area contributed by atoms with E-state index in [4.69, 9.17) is 4.74 Å². The molecule has 3 aromatic carbocycles. The third kappa shape index (κ3) is 5.32. The van der Waals surface area contributed by atoms with Crippen LogP contribution in [0.3, 0.4) is 0 Å². The Morgan fingerprint density at radius 3 is 2.45 bits per heavy atom. The summed E-state index contributed by atoms with van der Waals surface area (Å²) in [5, 5.41) is 16.6. The number of methoxy groups -OCH3 is 1. The Labute approximate surface area is 195 Å². The van der Waals surface area contributed by atoms with E-state index in [1.54, 1.807) is 30.9 Å². The van der Waals surface area contributed by atoms with Gasteiger partial charge in [-0.15, -0.1) is 10.2 Å². The van der Waals surface area contributed by atoms with E-state index in [2.05, 4.69) is 20.8 Å². The predicted molar refractivity (Wildman–Crippen MR) is 130 cm³/mol. The molecule has 4 aromatic rings. The topological polar surface area (TPSA) is 98.1 Å². The van der Waals surface area contributed by atoms with E-state index in [1.165, 1.54) is 11.8 Å². The maximum absolute atomic E-state index is 12.5. The summed E-state index contributed by atoms with van der Waals surface area (Å²) in [4.78, 5) is 25.0. The van der Waals surface area contributed by atoms with Crippen LogP contribution in [0.1, 0.15) is 5.82 Å². The number of hydrogen-bond acceptors (Lipinski definition) is 6. The molecule has 1 heterocycles. The molecule has 0 bridgehead atoms. The molecule has 0 atom stereocenters. The van der Waals surface area contributed by atoms with Crippen LogP contribution in [0.25, 0.3) is 10.8 Å². The molecule has 0 saturated heterocycles. The second-order valence-electron chi connectivity index (χ2n) is 7.25. The summed E-state index contributed by atoms with van der Waals surface area (Å²) >= 11 is 1.26. The summed E-state index contributed by atoms with van der Waals surface area (Å²) in [6, 6.07) is 20.9. The summed E-state index contributed by atoms with van der Waals surface area (Å²) in [7, 11) is 3.32. The Hall–Kier alpha value is -3.85. The number of thioether (sulfide) groups is 1. The lowest BCUT2D eigenvalue weighted by molar-refractivity contribution is -0.116. The van der Waals surface area contributed by atoms with Gasteiger partial charge in [0.05, 0.1) is 25.0 Å². The van der Waals surface area contributed by atoms with Crippen molar-refractivity contribution in [3.05, 3.63) is 72.6 Å². The van der Waals surface area contributed by atoms with Gasteiger partial charge in [0.25, 0.3) is 0 Å². The molecule has 0 aliphatic carbocycles. The third-order valence-corrected chi connectivity index (χ3v) is 6.04. The maximum Gasteiger partial charge on any atom is 0.234 e. The first kappa shape index (κ1) is 22.3. The second-order valence-corrected chi connectivity index (χ2v) is 8.19. The summed E-state index contributed by atoms with van der Waals surface area (Å²) in [5.41, 5.74) is 1.36. The van der Waals surface area contributed by atoms with Crippen LogP contribution in [-0.4, -0.2) is 39.4 Å². The SMILES string of the molecule is COc1ccccc1NC(=O)Cc1nnc(SCC(=O)Nc2cccc3ccccc23)n1C. The highest BCUT2D eigenvalue weighted by molar-refractivity contribution is 7.99. The zero-order chi connectivity index (χ0) is 23.2. The lowest BCUT2D eigenvalue weighted by Gasteiger charge is -2.10. The predicted octanol–water partition coefficient (Wildman–Crippen LogP) is 3.89. The normalized spacial score (nSPS) is 10.7. The number of para-hydroxylation sites is 2. The van der Waals surface area contributed by atoms with E-state index >= 15 is 0 Å². The number of rotatable bonds is 8. The van der Waals surface area contributed by atoms with Crippen molar-refractivity contribution in [1.29, 1.82) is 0 Å².